The first-order chi connectivity index (χ1) is 14.4. The maximum Gasteiger partial charge on any atom is 0.220 e. The van der Waals surface area contributed by atoms with Crippen LogP contribution in [-0.4, -0.2) is 81.3 Å². The number of piperidine rings is 1. The van der Waals surface area contributed by atoms with Crippen LogP contribution in [0.2, 0.25) is 5.02 Å². The minimum Gasteiger partial charge on any atom is -0.391 e. The van der Waals surface area contributed by atoms with E-state index in [2.05, 4.69) is 32.1 Å². The fourth-order valence-electron chi connectivity index (χ4n) is 3.69. The van der Waals surface area contributed by atoms with Crippen molar-refractivity contribution in [3.8, 4) is 11.5 Å². The first-order valence-corrected chi connectivity index (χ1v) is 10.4. The quantitative estimate of drug-likeness (QED) is 0.726. The molecule has 2 aromatic rings. The van der Waals surface area contributed by atoms with Crippen molar-refractivity contribution in [3.05, 3.63) is 17.0 Å². The number of hydrogen-bond acceptors (Lipinski definition) is 9. The van der Waals surface area contributed by atoms with Crippen LogP contribution in [0.25, 0.3) is 11.5 Å². The highest BCUT2D eigenvalue weighted by molar-refractivity contribution is 6.32. The lowest BCUT2D eigenvalue weighted by molar-refractivity contribution is -0.0668. The monoisotopic (exact) mass is 439 g/mol. The van der Waals surface area contributed by atoms with E-state index in [0.717, 1.165) is 51.2 Å². The number of methoxy groups -OCH3 is 1. The van der Waals surface area contributed by atoms with Crippen LogP contribution in [0, 0.1) is 0 Å². The summed E-state index contributed by atoms with van der Waals surface area (Å²) in [5.74, 6) is 1.47. The minimum atomic E-state index is -0.447. The van der Waals surface area contributed by atoms with Crippen molar-refractivity contribution in [2.24, 2.45) is 7.05 Å². The molecule has 0 spiro atoms. The third kappa shape index (κ3) is 5.06. The third-order valence-electron chi connectivity index (χ3n) is 5.58. The highest BCUT2D eigenvalue weighted by Crippen LogP contribution is 2.36. The summed E-state index contributed by atoms with van der Waals surface area (Å²) in [6, 6.07) is 0. The zero-order chi connectivity index (χ0) is 21.7. The Morgan fingerprint density at radius 1 is 1.30 bits per heavy atom. The van der Waals surface area contributed by atoms with Crippen molar-refractivity contribution in [2.75, 3.05) is 46.2 Å². The minimum absolute atomic E-state index is 0.148. The maximum absolute atomic E-state index is 8.78. The molecule has 10 nitrogen and oxygen atoms in total. The number of anilines is 1. The topological polar surface area (TPSA) is 124 Å². The van der Waals surface area contributed by atoms with E-state index in [-0.39, 0.29) is 12.1 Å². The Kier molecular flexibility index (Phi) is 7.59. The fraction of sp³-hybridized carbons (Fsp3) is 0.684. The van der Waals surface area contributed by atoms with Crippen molar-refractivity contribution in [2.45, 2.75) is 37.4 Å². The number of nitrogens with two attached hydrogens (primary N) is 1. The van der Waals surface area contributed by atoms with Gasteiger partial charge in [-0.15, -0.1) is 10.2 Å². The average Bonchev–Trinajstić information content (AvgIpc) is 3.13. The summed E-state index contributed by atoms with van der Waals surface area (Å²) in [7, 11) is 5.71. The first-order valence-electron chi connectivity index (χ1n) is 10.0. The van der Waals surface area contributed by atoms with Crippen molar-refractivity contribution in [3.63, 3.8) is 0 Å². The van der Waals surface area contributed by atoms with E-state index in [9.17, 15) is 0 Å². The molecule has 3 N–H and O–H groups in total. The number of aromatic nitrogens is 5. The van der Waals surface area contributed by atoms with Gasteiger partial charge in [-0.05, 0) is 32.7 Å². The predicted octanol–water partition coefficient (Wildman–Crippen LogP) is 1.23. The molecule has 11 heteroatoms. The van der Waals surface area contributed by atoms with Crippen molar-refractivity contribution < 1.29 is 14.6 Å². The molecule has 30 heavy (non-hydrogen) atoms. The average molecular weight is 440 g/mol. The van der Waals surface area contributed by atoms with Gasteiger partial charge in [-0.3, -0.25) is 0 Å². The summed E-state index contributed by atoms with van der Waals surface area (Å²) >= 11 is 6.19. The van der Waals surface area contributed by atoms with Crippen molar-refractivity contribution in [1.82, 2.24) is 29.6 Å². The summed E-state index contributed by atoms with van der Waals surface area (Å²) in [5, 5.41) is 17.8. The number of nitrogen functional groups attached to an aromatic ring is 1. The van der Waals surface area contributed by atoms with E-state index in [1.165, 1.54) is 6.20 Å². The standard InChI is InChI=1S/C14H20ClN7O.C5H10O2/c1-21-6-4-14(23-3,5-7-21)12-20-19-11(22(12)2)10-9(15)8-17-13(16)18-10;6-5-2-1-3-7-4-5/h8H,4-7H2,1-3H3,(H2,16,17,18);5-6H,1-4H2. The molecule has 2 saturated heterocycles. The van der Waals surface area contributed by atoms with Crippen molar-refractivity contribution in [1.29, 1.82) is 0 Å². The molecule has 2 aromatic heterocycles. The van der Waals surface area contributed by atoms with Gasteiger partial charge in [-0.1, -0.05) is 11.6 Å². The molecule has 1 unspecified atom stereocenters. The lowest BCUT2D eigenvalue weighted by Crippen LogP contribution is -2.43. The Morgan fingerprint density at radius 2 is 2.03 bits per heavy atom. The Labute approximate surface area is 181 Å². The second kappa shape index (κ2) is 9.97. The first kappa shape index (κ1) is 22.8. The fourth-order valence-corrected chi connectivity index (χ4v) is 3.87. The summed E-state index contributed by atoms with van der Waals surface area (Å²) < 4.78 is 12.7. The van der Waals surface area contributed by atoms with E-state index in [1.54, 1.807) is 7.11 Å². The zero-order valence-corrected chi connectivity index (χ0v) is 18.5. The second-order valence-electron chi connectivity index (χ2n) is 7.70. The number of aliphatic hydroxyl groups excluding tert-OH is 1. The largest absolute Gasteiger partial charge is 0.391 e. The van der Waals surface area contributed by atoms with Crippen LogP contribution in [0.3, 0.4) is 0 Å². The summed E-state index contributed by atoms with van der Waals surface area (Å²) in [6.07, 6.45) is 4.92. The SMILES string of the molecule is COC1(c2nnc(-c3nc(N)ncc3Cl)n2C)CCN(C)CC1.OC1CCCOC1. The lowest BCUT2D eigenvalue weighted by Gasteiger charge is -2.38. The number of aliphatic hydroxyl groups is 1. The Bertz CT molecular complexity index is 834. The van der Waals surface area contributed by atoms with Crippen LogP contribution < -0.4 is 5.73 Å². The molecular weight excluding hydrogens is 410 g/mol. The smallest absolute Gasteiger partial charge is 0.220 e. The van der Waals surface area contributed by atoms with Crippen molar-refractivity contribution >= 4 is 17.5 Å². The van der Waals surface area contributed by atoms with Gasteiger partial charge in [-0.2, -0.15) is 0 Å². The van der Waals surface area contributed by atoms with Gasteiger partial charge in [0.2, 0.25) is 5.95 Å². The Hall–Kier alpha value is -1.85. The number of rotatable bonds is 3. The normalized spacial score (nSPS) is 21.7. The van der Waals surface area contributed by atoms with Crippen LogP contribution in [-0.2, 0) is 22.1 Å². The molecule has 0 amide bonds. The Morgan fingerprint density at radius 3 is 2.60 bits per heavy atom. The van der Waals surface area contributed by atoms with Gasteiger partial charge in [0.25, 0.3) is 0 Å². The second-order valence-corrected chi connectivity index (χ2v) is 8.11. The van der Waals surface area contributed by atoms with Crippen LogP contribution in [0.4, 0.5) is 5.95 Å². The van der Waals surface area contributed by atoms with Crippen LogP contribution in [0.15, 0.2) is 6.20 Å². The van der Waals surface area contributed by atoms with Gasteiger partial charge in [0.05, 0.1) is 23.9 Å². The van der Waals surface area contributed by atoms with Gasteiger partial charge >= 0.3 is 0 Å². The van der Waals surface area contributed by atoms with Crippen LogP contribution >= 0.6 is 11.6 Å². The predicted molar refractivity (Wildman–Crippen MR) is 113 cm³/mol. The van der Waals surface area contributed by atoms with Gasteiger partial charge in [0.15, 0.2) is 11.6 Å². The zero-order valence-electron chi connectivity index (χ0n) is 17.7. The van der Waals surface area contributed by atoms with E-state index in [1.807, 2.05) is 11.6 Å². The number of nitrogens with zero attached hydrogens (tertiary/aromatic N) is 6. The summed E-state index contributed by atoms with van der Waals surface area (Å²) in [6.45, 7) is 3.26. The number of ether oxygens (including phenoxy) is 2. The number of halogens is 1. The molecule has 166 valence electrons. The maximum atomic E-state index is 8.78. The third-order valence-corrected chi connectivity index (χ3v) is 5.86. The molecular formula is C19H30ClN7O3. The van der Waals surface area contributed by atoms with E-state index in [4.69, 9.17) is 31.9 Å². The molecule has 4 heterocycles. The molecule has 2 aliphatic rings. The van der Waals surface area contributed by atoms with Gasteiger partial charge in [0, 0.05) is 33.9 Å². The molecule has 1 atom stereocenters. The molecule has 0 radical (unpaired) electrons. The van der Waals surface area contributed by atoms with Crippen LogP contribution in [0.5, 0.6) is 0 Å². The van der Waals surface area contributed by atoms with Gasteiger partial charge < -0.3 is 29.8 Å². The van der Waals surface area contributed by atoms with E-state index < -0.39 is 5.60 Å². The molecule has 4 rings (SSSR count). The molecule has 0 bridgehead atoms. The summed E-state index contributed by atoms with van der Waals surface area (Å²) in [4.78, 5) is 10.3. The molecule has 2 fully saturated rings. The number of likely N-dealkylation sites (tertiary alicyclic amines) is 1. The van der Waals surface area contributed by atoms with E-state index >= 15 is 0 Å². The molecule has 0 aliphatic carbocycles. The number of hydrogen-bond donors (Lipinski definition) is 2. The highest BCUT2D eigenvalue weighted by Gasteiger charge is 2.40. The van der Waals surface area contributed by atoms with Gasteiger partial charge in [-0.25, -0.2) is 9.97 Å². The van der Waals surface area contributed by atoms with Gasteiger partial charge in [0.1, 0.15) is 11.3 Å². The summed E-state index contributed by atoms with van der Waals surface area (Å²) in [5.41, 5.74) is 5.69. The molecule has 2 aliphatic heterocycles. The van der Waals surface area contributed by atoms with E-state index in [0.29, 0.717) is 23.1 Å². The molecule has 0 saturated carbocycles. The highest BCUT2D eigenvalue weighted by atomic mass is 35.5. The Balaban J connectivity index is 0.000000310. The van der Waals surface area contributed by atoms with Crippen LogP contribution in [0.1, 0.15) is 31.5 Å². The lowest BCUT2D eigenvalue weighted by atomic mass is 9.90. The molecule has 0 aromatic carbocycles.